The first-order valence-corrected chi connectivity index (χ1v) is 20.9. The van der Waals surface area contributed by atoms with Gasteiger partial charge in [0.25, 0.3) is 11.8 Å². The highest BCUT2D eigenvalue weighted by Crippen LogP contribution is 2.30. The molecule has 0 fully saturated rings. The normalized spacial score (nSPS) is 12.8. The van der Waals surface area contributed by atoms with Crippen LogP contribution in [0.2, 0.25) is 0 Å². The van der Waals surface area contributed by atoms with E-state index in [2.05, 4.69) is 20.7 Å². The van der Waals surface area contributed by atoms with E-state index >= 15 is 0 Å². The van der Waals surface area contributed by atoms with Gasteiger partial charge in [-0.1, -0.05) is 0 Å². The van der Waals surface area contributed by atoms with Crippen LogP contribution in [-0.4, -0.2) is 168 Å². The number of ether oxygens (including phenoxy) is 8. The summed E-state index contributed by atoms with van der Waals surface area (Å²) in [6.07, 6.45) is -2.70. The summed E-state index contributed by atoms with van der Waals surface area (Å²) in [5.41, 5.74) is 0.233. The number of benzene rings is 2. The molecule has 2 atom stereocenters. The lowest BCUT2D eigenvalue weighted by atomic mass is 10.1. The highest BCUT2D eigenvalue weighted by molar-refractivity contribution is 7.89. The van der Waals surface area contributed by atoms with Gasteiger partial charge in [0, 0.05) is 31.8 Å². The number of carbonyl (C=O) groups excluding carboxylic acids is 3. The van der Waals surface area contributed by atoms with Gasteiger partial charge in [-0.05, 0) is 68.9 Å². The molecular weight excluding hydrogens is 835 g/mol. The number of aliphatic hydroxyl groups excluding tert-OH is 2. The average molecular weight is 893 g/mol. The highest BCUT2D eigenvalue weighted by Gasteiger charge is 2.29. The fourth-order valence-corrected chi connectivity index (χ4v) is 5.71. The van der Waals surface area contributed by atoms with Crippen molar-refractivity contribution in [2.45, 2.75) is 31.0 Å². The predicted octanol–water partition coefficient (Wildman–Crippen LogP) is 0.275. The minimum absolute atomic E-state index is 0.00659. The Labute approximate surface area is 354 Å². The Kier molecular flexibility index (Phi) is 26.7. The lowest BCUT2D eigenvalue weighted by molar-refractivity contribution is -0.146. The van der Waals surface area contributed by atoms with Crippen molar-refractivity contribution in [2.75, 3.05) is 119 Å². The van der Waals surface area contributed by atoms with Gasteiger partial charge in [-0.3, -0.25) is 9.59 Å². The zero-order valence-corrected chi connectivity index (χ0v) is 35.4. The molecule has 2 rings (SSSR count). The number of likely N-dealkylation sites (N-methyl/N-ethyl adjacent to an activating group) is 1. The molecule has 0 aromatic heterocycles. The van der Waals surface area contributed by atoms with Crippen LogP contribution >= 0.6 is 0 Å². The number of hydrogen-bond acceptors (Lipinski definition) is 16. The highest BCUT2D eigenvalue weighted by atomic mass is 32.2. The third-order valence-corrected chi connectivity index (χ3v) is 9.28. The molecule has 344 valence electrons. The molecule has 0 heterocycles. The topological polar surface area (TPSA) is 248 Å². The van der Waals surface area contributed by atoms with Crippen LogP contribution in [0.1, 0.15) is 19.4 Å². The second-order valence-electron chi connectivity index (χ2n) is 12.6. The molecule has 2 amide bonds. The number of rotatable bonds is 34. The minimum atomic E-state index is -3.94. The standard InChI is InChI=1S/C39H58F2N4O15S/c1-4-59-39(50)28(2)25-29-26-32(40)36(33(41)27-29)60-30-5-7-31(8-6-30)61(51,52)45-12-16-56-20-24-58-23-19-55-15-11-44-38(49)35(47)34(46)37(48)43-10-14-54-18-22-57-21-17-53-13-9-42-3/h5-8,25-27,34-35,42,45-47H,4,9-24H2,1-3H3,(H,43,48)(H,44,49)/b28-25+/t34-,35-/m1/s1. The molecule has 0 aliphatic heterocycles. The van der Waals surface area contributed by atoms with Crippen molar-refractivity contribution in [1.29, 1.82) is 0 Å². The van der Waals surface area contributed by atoms with Gasteiger partial charge in [-0.15, -0.1) is 0 Å². The van der Waals surface area contributed by atoms with Crippen molar-refractivity contribution < 1.29 is 79.7 Å². The summed E-state index contributed by atoms with van der Waals surface area (Å²) in [5.74, 6) is -5.30. The van der Waals surface area contributed by atoms with Crippen LogP contribution in [0.3, 0.4) is 0 Å². The summed E-state index contributed by atoms with van der Waals surface area (Å²) < 4.78 is 99.3. The van der Waals surface area contributed by atoms with E-state index in [0.29, 0.717) is 26.4 Å². The van der Waals surface area contributed by atoms with Gasteiger partial charge < -0.3 is 64.1 Å². The quantitative estimate of drug-likeness (QED) is 0.0314. The van der Waals surface area contributed by atoms with Crippen LogP contribution in [0.4, 0.5) is 8.78 Å². The lowest BCUT2D eigenvalue weighted by Crippen LogP contribution is -2.50. The fourth-order valence-electron chi connectivity index (χ4n) is 4.70. The van der Waals surface area contributed by atoms with E-state index in [-0.39, 0.29) is 101 Å². The molecule has 0 saturated carbocycles. The van der Waals surface area contributed by atoms with E-state index in [4.69, 9.17) is 37.9 Å². The molecular formula is C39H58F2N4O15S. The van der Waals surface area contributed by atoms with E-state index in [1.807, 2.05) is 7.05 Å². The maximum atomic E-state index is 14.7. The molecule has 0 saturated heterocycles. The third kappa shape index (κ3) is 21.9. The molecule has 0 bridgehead atoms. The Morgan fingerprint density at radius 1 is 0.689 bits per heavy atom. The largest absolute Gasteiger partial charge is 0.463 e. The summed E-state index contributed by atoms with van der Waals surface area (Å²) >= 11 is 0. The van der Waals surface area contributed by atoms with Gasteiger partial charge in [0.15, 0.2) is 29.6 Å². The molecule has 0 spiro atoms. The van der Waals surface area contributed by atoms with Crippen LogP contribution in [0, 0.1) is 11.6 Å². The Morgan fingerprint density at radius 3 is 1.56 bits per heavy atom. The molecule has 2 aromatic rings. The van der Waals surface area contributed by atoms with Crippen LogP contribution in [-0.2, 0) is 57.6 Å². The van der Waals surface area contributed by atoms with Crippen LogP contribution < -0.4 is 25.4 Å². The molecule has 2 aromatic carbocycles. The van der Waals surface area contributed by atoms with Gasteiger partial charge >= 0.3 is 5.97 Å². The Bertz CT molecular complexity index is 1720. The van der Waals surface area contributed by atoms with E-state index in [1.54, 1.807) is 6.92 Å². The predicted molar refractivity (Wildman–Crippen MR) is 215 cm³/mol. The molecule has 22 heteroatoms. The molecule has 6 N–H and O–H groups in total. The number of hydrogen-bond donors (Lipinski definition) is 6. The van der Waals surface area contributed by atoms with Crippen molar-refractivity contribution in [3.63, 3.8) is 0 Å². The average Bonchev–Trinajstić information content (AvgIpc) is 3.23. The summed E-state index contributed by atoms with van der Waals surface area (Å²) in [6.45, 7) is 7.00. The summed E-state index contributed by atoms with van der Waals surface area (Å²) in [7, 11) is -2.11. The van der Waals surface area contributed by atoms with E-state index in [0.717, 1.165) is 18.7 Å². The maximum Gasteiger partial charge on any atom is 0.333 e. The monoisotopic (exact) mass is 892 g/mol. The molecule has 0 radical (unpaired) electrons. The first kappa shape index (κ1) is 52.9. The zero-order chi connectivity index (χ0) is 44.9. The van der Waals surface area contributed by atoms with Crippen LogP contribution in [0.15, 0.2) is 46.9 Å². The van der Waals surface area contributed by atoms with E-state index in [9.17, 15) is 41.8 Å². The lowest BCUT2D eigenvalue weighted by Gasteiger charge is -2.17. The molecule has 61 heavy (non-hydrogen) atoms. The van der Waals surface area contributed by atoms with Crippen molar-refractivity contribution in [1.82, 2.24) is 20.7 Å². The molecule has 0 unspecified atom stereocenters. The Balaban J connectivity index is 1.51. The Morgan fingerprint density at radius 2 is 1.11 bits per heavy atom. The summed E-state index contributed by atoms with van der Waals surface area (Å²) in [4.78, 5) is 35.8. The minimum Gasteiger partial charge on any atom is -0.463 e. The smallest absolute Gasteiger partial charge is 0.333 e. The second kappa shape index (κ2) is 30.8. The number of aliphatic hydroxyl groups is 2. The summed E-state index contributed by atoms with van der Waals surface area (Å²) in [5, 5.41) is 27.7. The zero-order valence-electron chi connectivity index (χ0n) is 34.6. The van der Waals surface area contributed by atoms with Crippen LogP contribution in [0.5, 0.6) is 11.5 Å². The number of halogens is 2. The number of carbonyl (C=O) groups is 3. The number of nitrogens with one attached hydrogen (secondary N) is 4. The number of esters is 1. The Hall–Kier alpha value is -4.20. The first-order chi connectivity index (χ1) is 29.3. The van der Waals surface area contributed by atoms with Crippen LogP contribution in [0.25, 0.3) is 6.08 Å². The van der Waals surface area contributed by atoms with Crippen molar-refractivity contribution >= 4 is 33.9 Å². The second-order valence-corrected chi connectivity index (χ2v) is 14.3. The van der Waals surface area contributed by atoms with Gasteiger partial charge in [0.05, 0.1) is 90.8 Å². The van der Waals surface area contributed by atoms with Gasteiger partial charge in [0.1, 0.15) is 5.75 Å². The maximum absolute atomic E-state index is 14.7. The number of amides is 2. The molecule has 0 aliphatic rings. The van der Waals surface area contributed by atoms with Gasteiger partial charge in [-0.25, -0.2) is 26.7 Å². The van der Waals surface area contributed by atoms with Crippen molar-refractivity contribution in [3.05, 3.63) is 59.2 Å². The van der Waals surface area contributed by atoms with Gasteiger partial charge in [0.2, 0.25) is 10.0 Å². The molecule has 0 aliphatic carbocycles. The van der Waals surface area contributed by atoms with Crippen molar-refractivity contribution in [2.24, 2.45) is 0 Å². The van der Waals surface area contributed by atoms with E-state index < -0.39 is 57.4 Å². The summed E-state index contributed by atoms with van der Waals surface area (Å²) in [6, 6.07) is 6.87. The molecule has 19 nitrogen and oxygen atoms in total. The number of sulfonamides is 1. The fraction of sp³-hybridized carbons (Fsp3) is 0.564. The van der Waals surface area contributed by atoms with Crippen molar-refractivity contribution in [3.8, 4) is 11.5 Å². The first-order valence-electron chi connectivity index (χ1n) is 19.4. The SMILES string of the molecule is CCOC(=O)/C(C)=C/c1cc(F)c(Oc2ccc(S(=O)(=O)NCCOCCOCCOCCNC(=O)[C@H](O)[C@@H](O)C(=O)NCCOCCOCCOCCNC)cc2)c(F)c1. The van der Waals surface area contributed by atoms with E-state index in [1.165, 1.54) is 37.3 Å². The third-order valence-electron chi connectivity index (χ3n) is 7.81. The van der Waals surface area contributed by atoms with Gasteiger partial charge in [-0.2, -0.15) is 0 Å².